The van der Waals surface area contributed by atoms with Gasteiger partial charge >= 0.3 is 0 Å². The zero-order valence-corrected chi connectivity index (χ0v) is 18.2. The molecule has 0 unspecified atom stereocenters. The maximum absolute atomic E-state index is 12.6. The molecular formula is C19H24N2O6S2. The molecule has 0 heterocycles. The van der Waals surface area contributed by atoms with Crippen molar-refractivity contribution >= 4 is 31.5 Å². The number of rotatable bonds is 8. The van der Waals surface area contributed by atoms with Crippen LogP contribution in [0, 0.1) is 0 Å². The number of ether oxygens (including phenoxy) is 1. The van der Waals surface area contributed by atoms with Gasteiger partial charge in [0.25, 0.3) is 5.91 Å². The summed E-state index contributed by atoms with van der Waals surface area (Å²) in [6, 6.07) is 9.51. The van der Waals surface area contributed by atoms with Crippen LogP contribution in [0.25, 0.3) is 0 Å². The van der Waals surface area contributed by atoms with Crippen LogP contribution in [0.1, 0.15) is 31.1 Å². The zero-order chi connectivity index (χ0) is 21.8. The number of amides is 1. The third-order valence-electron chi connectivity index (χ3n) is 3.96. The van der Waals surface area contributed by atoms with Gasteiger partial charge in [-0.25, -0.2) is 21.6 Å². The largest absolute Gasteiger partial charge is 0.495 e. The first kappa shape index (κ1) is 22.9. The quantitative estimate of drug-likeness (QED) is 0.651. The van der Waals surface area contributed by atoms with E-state index >= 15 is 0 Å². The molecular weight excluding hydrogens is 416 g/mol. The number of anilines is 1. The smallest absolute Gasteiger partial charge is 0.255 e. The third kappa shape index (κ3) is 5.55. The van der Waals surface area contributed by atoms with Crippen molar-refractivity contribution in [3.8, 4) is 5.75 Å². The lowest BCUT2D eigenvalue weighted by molar-refractivity contribution is 0.102. The van der Waals surface area contributed by atoms with Crippen molar-refractivity contribution < 1.29 is 26.4 Å². The van der Waals surface area contributed by atoms with Crippen molar-refractivity contribution in [2.24, 2.45) is 0 Å². The number of methoxy groups -OCH3 is 1. The van der Waals surface area contributed by atoms with E-state index in [1.807, 2.05) is 0 Å². The molecule has 2 aromatic carbocycles. The van der Waals surface area contributed by atoms with Crippen LogP contribution >= 0.6 is 0 Å². The number of benzene rings is 2. The summed E-state index contributed by atoms with van der Waals surface area (Å²) in [4.78, 5) is 12.6. The Morgan fingerprint density at radius 3 is 2.17 bits per heavy atom. The normalized spacial score (nSPS) is 12.0. The Hall–Kier alpha value is -2.43. The van der Waals surface area contributed by atoms with Gasteiger partial charge in [-0.15, -0.1) is 0 Å². The first-order valence-corrected chi connectivity index (χ1v) is 12.0. The maximum atomic E-state index is 12.6. The third-order valence-corrected chi connectivity index (χ3v) is 7.39. The molecule has 0 aliphatic heterocycles. The molecule has 10 heteroatoms. The summed E-state index contributed by atoms with van der Waals surface area (Å²) < 4.78 is 56.4. The Kier molecular flexibility index (Phi) is 7.04. The molecule has 0 atom stereocenters. The number of carbonyl (C=O) groups excluding carboxylic acids is 1. The molecule has 0 aromatic heterocycles. The highest BCUT2D eigenvalue weighted by molar-refractivity contribution is 7.91. The van der Waals surface area contributed by atoms with Crippen LogP contribution in [0.3, 0.4) is 0 Å². The van der Waals surface area contributed by atoms with E-state index in [1.54, 1.807) is 20.8 Å². The summed E-state index contributed by atoms with van der Waals surface area (Å²) in [6.07, 6.45) is 0. The molecule has 0 fully saturated rings. The van der Waals surface area contributed by atoms with Gasteiger partial charge in [-0.1, -0.05) is 6.92 Å². The summed E-state index contributed by atoms with van der Waals surface area (Å²) in [5.41, 5.74) is 0.491. The lowest BCUT2D eigenvalue weighted by Gasteiger charge is -2.14. The average Bonchev–Trinajstić information content (AvgIpc) is 2.66. The van der Waals surface area contributed by atoms with Crippen LogP contribution in [-0.4, -0.2) is 41.6 Å². The number of carbonyl (C=O) groups is 1. The van der Waals surface area contributed by atoms with Crippen molar-refractivity contribution in [1.82, 2.24) is 4.72 Å². The molecule has 0 aliphatic rings. The van der Waals surface area contributed by atoms with E-state index in [9.17, 15) is 21.6 Å². The van der Waals surface area contributed by atoms with Crippen molar-refractivity contribution in [3.63, 3.8) is 0 Å². The summed E-state index contributed by atoms with van der Waals surface area (Å²) in [5.74, 6) is -0.449. The fraction of sp³-hybridized carbons (Fsp3) is 0.316. The molecule has 0 radical (unpaired) electrons. The fourth-order valence-electron chi connectivity index (χ4n) is 2.52. The summed E-state index contributed by atoms with van der Waals surface area (Å²) >= 11 is 0. The monoisotopic (exact) mass is 440 g/mol. The molecule has 2 aromatic rings. The first-order chi connectivity index (χ1) is 13.5. The van der Waals surface area contributed by atoms with E-state index in [2.05, 4.69) is 10.0 Å². The van der Waals surface area contributed by atoms with E-state index in [0.717, 1.165) is 0 Å². The van der Waals surface area contributed by atoms with Gasteiger partial charge in [0, 0.05) is 17.3 Å². The van der Waals surface area contributed by atoms with Crippen molar-refractivity contribution in [2.45, 2.75) is 36.6 Å². The lowest BCUT2D eigenvalue weighted by atomic mass is 10.2. The number of nitrogens with one attached hydrogen (secondary N) is 2. The van der Waals surface area contributed by atoms with Crippen LogP contribution in [0.5, 0.6) is 5.75 Å². The Morgan fingerprint density at radius 1 is 1.03 bits per heavy atom. The van der Waals surface area contributed by atoms with Gasteiger partial charge in [0.1, 0.15) is 10.6 Å². The molecule has 29 heavy (non-hydrogen) atoms. The van der Waals surface area contributed by atoms with E-state index in [0.29, 0.717) is 5.69 Å². The van der Waals surface area contributed by atoms with Crippen LogP contribution in [-0.2, 0) is 19.9 Å². The maximum Gasteiger partial charge on any atom is 0.255 e. The van der Waals surface area contributed by atoms with Gasteiger partial charge in [-0.3, -0.25) is 4.79 Å². The van der Waals surface area contributed by atoms with Crippen LogP contribution in [0.15, 0.2) is 52.3 Å². The van der Waals surface area contributed by atoms with Gasteiger partial charge in [0.15, 0.2) is 9.84 Å². The lowest BCUT2D eigenvalue weighted by Crippen LogP contribution is -2.30. The van der Waals surface area contributed by atoms with Gasteiger partial charge in [-0.05, 0) is 56.3 Å². The van der Waals surface area contributed by atoms with E-state index in [-0.39, 0.29) is 32.9 Å². The van der Waals surface area contributed by atoms with Gasteiger partial charge in [-0.2, -0.15) is 0 Å². The second-order valence-electron chi connectivity index (χ2n) is 6.52. The SMILES string of the molecule is CCS(=O)(=O)c1ccc(NC(=O)c2ccc(OC)c(S(=O)(=O)NC(C)C)c2)cc1. The minimum Gasteiger partial charge on any atom is -0.495 e. The minimum absolute atomic E-state index is 0.0216. The minimum atomic E-state index is -3.88. The van der Waals surface area contributed by atoms with Crippen LogP contribution < -0.4 is 14.8 Å². The summed E-state index contributed by atoms with van der Waals surface area (Å²) in [6.45, 7) is 4.92. The Balaban J connectivity index is 2.31. The zero-order valence-electron chi connectivity index (χ0n) is 16.6. The highest BCUT2D eigenvalue weighted by Crippen LogP contribution is 2.26. The number of sulfone groups is 1. The second kappa shape index (κ2) is 8.93. The molecule has 0 bridgehead atoms. The molecule has 0 spiro atoms. The Morgan fingerprint density at radius 2 is 1.66 bits per heavy atom. The highest BCUT2D eigenvalue weighted by Gasteiger charge is 2.22. The standard InChI is InChI=1S/C19H24N2O6S2/c1-5-28(23,24)16-9-7-15(8-10-16)20-19(22)14-6-11-17(27-4)18(12-14)29(25,26)21-13(2)3/h6-13,21H,5H2,1-4H3,(H,20,22). The Bertz CT molecular complexity index is 1090. The number of hydrogen-bond acceptors (Lipinski definition) is 6. The summed E-state index contributed by atoms with van der Waals surface area (Å²) in [5, 5.41) is 2.62. The predicted molar refractivity (Wildman–Crippen MR) is 111 cm³/mol. The Labute approximate surface area is 171 Å². The van der Waals surface area contributed by atoms with Gasteiger partial charge in [0.05, 0.1) is 17.8 Å². The van der Waals surface area contributed by atoms with Crippen LogP contribution in [0.4, 0.5) is 5.69 Å². The molecule has 2 N–H and O–H groups in total. The topological polar surface area (TPSA) is 119 Å². The van der Waals surface area contributed by atoms with Crippen molar-refractivity contribution in [3.05, 3.63) is 48.0 Å². The molecule has 8 nitrogen and oxygen atoms in total. The molecule has 0 aliphatic carbocycles. The molecule has 0 saturated carbocycles. The van der Waals surface area contributed by atoms with E-state index in [1.165, 1.54) is 49.6 Å². The van der Waals surface area contributed by atoms with Gasteiger partial charge in [0.2, 0.25) is 10.0 Å². The fourth-order valence-corrected chi connectivity index (χ4v) is 4.85. The predicted octanol–water partition coefficient (Wildman–Crippen LogP) is 2.43. The molecule has 0 saturated heterocycles. The molecule has 2 rings (SSSR count). The molecule has 158 valence electrons. The van der Waals surface area contributed by atoms with Crippen molar-refractivity contribution in [2.75, 3.05) is 18.2 Å². The van der Waals surface area contributed by atoms with Gasteiger partial charge < -0.3 is 10.1 Å². The number of hydrogen-bond donors (Lipinski definition) is 2. The molecule has 1 amide bonds. The van der Waals surface area contributed by atoms with Crippen LogP contribution in [0.2, 0.25) is 0 Å². The van der Waals surface area contributed by atoms with E-state index < -0.39 is 25.8 Å². The van der Waals surface area contributed by atoms with Crippen molar-refractivity contribution in [1.29, 1.82) is 0 Å². The second-order valence-corrected chi connectivity index (χ2v) is 10.5. The summed E-state index contributed by atoms with van der Waals surface area (Å²) in [7, 11) is -5.87. The first-order valence-electron chi connectivity index (χ1n) is 8.84. The average molecular weight is 441 g/mol. The van der Waals surface area contributed by atoms with E-state index in [4.69, 9.17) is 4.74 Å². The number of sulfonamides is 1. The highest BCUT2D eigenvalue weighted by atomic mass is 32.2.